The van der Waals surface area contributed by atoms with E-state index in [0.29, 0.717) is 10.8 Å². The number of carboxylic acid groups (broad SMARTS) is 1. The number of hydrogen-bond acceptors (Lipinski definition) is 7. The summed E-state index contributed by atoms with van der Waals surface area (Å²) < 4.78 is 0. The maximum atomic E-state index is 11.8. The van der Waals surface area contributed by atoms with E-state index in [9.17, 15) is 14.4 Å². The van der Waals surface area contributed by atoms with Crippen LogP contribution in [0.2, 0.25) is 0 Å². The molecule has 0 radical (unpaired) electrons. The van der Waals surface area contributed by atoms with Crippen LogP contribution in [0.15, 0.2) is 29.2 Å². The first-order valence-electron chi connectivity index (χ1n) is 7.27. The number of aromatic nitrogens is 2. The number of aryl methyl sites for hydroxylation is 1. The second kappa shape index (κ2) is 9.14. The SMILES string of the molecule is Cc1nnc(NC(=O)CSc2ccc(NC(=O)CCC(=O)O)cc2)s1. The molecule has 132 valence electrons. The minimum absolute atomic E-state index is 0.0723. The Hall–Kier alpha value is -2.46. The summed E-state index contributed by atoms with van der Waals surface area (Å²) in [6.45, 7) is 1.81. The number of nitrogens with one attached hydrogen (secondary N) is 2. The van der Waals surface area contributed by atoms with Crippen molar-refractivity contribution in [3.63, 3.8) is 0 Å². The number of rotatable bonds is 8. The van der Waals surface area contributed by atoms with Crippen LogP contribution in [0.4, 0.5) is 10.8 Å². The van der Waals surface area contributed by atoms with Crippen LogP contribution in [-0.2, 0) is 14.4 Å². The second-order valence-electron chi connectivity index (χ2n) is 4.93. The molecule has 0 aliphatic heterocycles. The first-order chi connectivity index (χ1) is 11.9. The van der Waals surface area contributed by atoms with E-state index in [1.165, 1.54) is 23.1 Å². The van der Waals surface area contributed by atoms with Crippen LogP contribution in [0.3, 0.4) is 0 Å². The molecular formula is C15H16N4O4S2. The van der Waals surface area contributed by atoms with Crippen molar-refractivity contribution in [2.24, 2.45) is 0 Å². The van der Waals surface area contributed by atoms with Crippen molar-refractivity contribution in [1.82, 2.24) is 10.2 Å². The van der Waals surface area contributed by atoms with Gasteiger partial charge in [0, 0.05) is 17.0 Å². The number of amides is 2. The summed E-state index contributed by atoms with van der Waals surface area (Å²) in [7, 11) is 0. The molecule has 0 bridgehead atoms. The summed E-state index contributed by atoms with van der Waals surface area (Å²) >= 11 is 2.66. The highest BCUT2D eigenvalue weighted by molar-refractivity contribution is 8.00. The summed E-state index contributed by atoms with van der Waals surface area (Å²) in [4.78, 5) is 34.7. The summed E-state index contributed by atoms with van der Waals surface area (Å²) in [5.74, 6) is -1.31. The first-order valence-corrected chi connectivity index (χ1v) is 9.07. The molecule has 0 saturated heterocycles. The Morgan fingerprint density at radius 1 is 1.08 bits per heavy atom. The lowest BCUT2D eigenvalue weighted by Gasteiger charge is -2.06. The number of thioether (sulfide) groups is 1. The standard InChI is InChI=1S/C15H16N4O4S2/c1-9-18-19-15(25-9)17-13(21)8-24-11-4-2-10(3-5-11)16-12(20)6-7-14(22)23/h2-5H,6-8H2,1H3,(H,16,20)(H,22,23)(H,17,19,21). The first kappa shape index (κ1) is 18.9. The normalized spacial score (nSPS) is 10.3. The largest absolute Gasteiger partial charge is 0.481 e. The zero-order valence-corrected chi connectivity index (χ0v) is 14.9. The summed E-state index contributed by atoms with van der Waals surface area (Å²) in [6, 6.07) is 6.96. The van der Waals surface area contributed by atoms with Crippen molar-refractivity contribution in [2.45, 2.75) is 24.7 Å². The molecule has 0 fully saturated rings. The lowest BCUT2D eigenvalue weighted by molar-refractivity contribution is -0.138. The molecule has 8 nitrogen and oxygen atoms in total. The van der Waals surface area contributed by atoms with Gasteiger partial charge in [0.1, 0.15) is 5.01 Å². The van der Waals surface area contributed by atoms with Crippen molar-refractivity contribution < 1.29 is 19.5 Å². The van der Waals surface area contributed by atoms with Crippen molar-refractivity contribution in [3.05, 3.63) is 29.3 Å². The molecule has 1 heterocycles. The Bertz CT molecular complexity index is 761. The van der Waals surface area contributed by atoms with Crippen molar-refractivity contribution in [2.75, 3.05) is 16.4 Å². The summed E-state index contributed by atoms with van der Waals surface area (Å²) in [5.41, 5.74) is 0.577. The molecule has 0 spiro atoms. The van der Waals surface area contributed by atoms with Crippen LogP contribution in [0.25, 0.3) is 0 Å². The van der Waals surface area contributed by atoms with Gasteiger partial charge in [-0.15, -0.1) is 22.0 Å². The molecular weight excluding hydrogens is 364 g/mol. The number of anilines is 2. The third-order valence-corrected chi connectivity index (χ3v) is 4.61. The fourth-order valence-corrected chi connectivity index (χ4v) is 3.04. The highest BCUT2D eigenvalue weighted by Crippen LogP contribution is 2.21. The van der Waals surface area contributed by atoms with Crippen molar-refractivity contribution in [1.29, 1.82) is 0 Å². The van der Waals surface area contributed by atoms with Crippen molar-refractivity contribution >= 4 is 51.7 Å². The van der Waals surface area contributed by atoms with Gasteiger partial charge in [-0.3, -0.25) is 19.7 Å². The molecule has 0 saturated carbocycles. The Balaban J connectivity index is 1.76. The van der Waals surface area contributed by atoms with Crippen molar-refractivity contribution in [3.8, 4) is 0 Å². The zero-order chi connectivity index (χ0) is 18.2. The van der Waals surface area contributed by atoms with E-state index in [1.807, 2.05) is 6.92 Å². The number of carbonyl (C=O) groups excluding carboxylic acids is 2. The minimum Gasteiger partial charge on any atom is -0.481 e. The lowest BCUT2D eigenvalue weighted by Crippen LogP contribution is -2.14. The van der Waals surface area contributed by atoms with E-state index in [-0.39, 0.29) is 30.4 Å². The fourth-order valence-electron chi connectivity index (χ4n) is 1.73. The van der Waals surface area contributed by atoms with Gasteiger partial charge >= 0.3 is 5.97 Å². The smallest absolute Gasteiger partial charge is 0.303 e. The number of aliphatic carboxylic acids is 1. The van der Waals surface area contributed by atoms with Crippen LogP contribution in [0, 0.1) is 6.92 Å². The van der Waals surface area contributed by atoms with Crippen LogP contribution < -0.4 is 10.6 Å². The molecule has 2 rings (SSSR count). The van der Waals surface area contributed by atoms with E-state index in [2.05, 4.69) is 20.8 Å². The van der Waals surface area contributed by atoms with Gasteiger partial charge in [0.15, 0.2) is 0 Å². The molecule has 0 unspecified atom stereocenters. The van der Waals surface area contributed by atoms with E-state index >= 15 is 0 Å². The zero-order valence-electron chi connectivity index (χ0n) is 13.3. The molecule has 3 N–H and O–H groups in total. The number of carbonyl (C=O) groups is 3. The highest BCUT2D eigenvalue weighted by atomic mass is 32.2. The fraction of sp³-hybridized carbons (Fsp3) is 0.267. The maximum absolute atomic E-state index is 11.8. The number of carboxylic acids is 1. The third-order valence-electron chi connectivity index (χ3n) is 2.85. The Kier molecular flexibility index (Phi) is 6.90. The second-order valence-corrected chi connectivity index (χ2v) is 7.16. The van der Waals surface area contributed by atoms with Gasteiger partial charge in [0.2, 0.25) is 16.9 Å². The van der Waals surface area contributed by atoms with Gasteiger partial charge < -0.3 is 10.4 Å². The Morgan fingerprint density at radius 3 is 2.40 bits per heavy atom. The average Bonchev–Trinajstić information content (AvgIpc) is 2.97. The predicted molar refractivity (Wildman–Crippen MR) is 95.9 cm³/mol. The topological polar surface area (TPSA) is 121 Å². The highest BCUT2D eigenvalue weighted by Gasteiger charge is 2.08. The number of benzene rings is 1. The van der Waals surface area contributed by atoms with E-state index in [4.69, 9.17) is 5.11 Å². The maximum Gasteiger partial charge on any atom is 0.303 e. The van der Waals surface area contributed by atoms with Crippen LogP contribution in [0.5, 0.6) is 0 Å². The quantitative estimate of drug-likeness (QED) is 0.601. The van der Waals surface area contributed by atoms with Crippen LogP contribution in [0.1, 0.15) is 17.8 Å². The van der Waals surface area contributed by atoms with Gasteiger partial charge in [0.05, 0.1) is 12.2 Å². The average molecular weight is 380 g/mol. The van der Waals surface area contributed by atoms with Crippen LogP contribution >= 0.6 is 23.1 Å². The third kappa shape index (κ3) is 6.89. The molecule has 0 aliphatic carbocycles. The Labute approximate surface area is 152 Å². The summed E-state index contributed by atoms with van der Waals surface area (Å²) in [5, 5.41) is 22.7. The number of nitrogens with zero attached hydrogens (tertiary/aromatic N) is 2. The van der Waals surface area contributed by atoms with Gasteiger partial charge in [-0.05, 0) is 31.2 Å². The van der Waals surface area contributed by atoms with E-state index in [0.717, 1.165) is 9.90 Å². The monoisotopic (exact) mass is 380 g/mol. The van der Waals surface area contributed by atoms with Gasteiger partial charge in [-0.1, -0.05) is 11.3 Å². The Morgan fingerprint density at radius 2 is 1.80 bits per heavy atom. The molecule has 0 aliphatic rings. The van der Waals surface area contributed by atoms with E-state index < -0.39 is 5.97 Å². The molecule has 1 aromatic carbocycles. The number of hydrogen-bond donors (Lipinski definition) is 3. The summed E-state index contributed by atoms with van der Waals surface area (Å²) in [6.07, 6.45) is -0.278. The molecule has 2 amide bonds. The molecule has 2 aromatic rings. The molecule has 25 heavy (non-hydrogen) atoms. The van der Waals surface area contributed by atoms with Gasteiger partial charge in [-0.25, -0.2) is 0 Å². The van der Waals surface area contributed by atoms with Gasteiger partial charge in [-0.2, -0.15) is 0 Å². The minimum atomic E-state index is -1.01. The van der Waals surface area contributed by atoms with E-state index in [1.54, 1.807) is 24.3 Å². The molecule has 1 aromatic heterocycles. The molecule has 0 atom stereocenters. The molecule has 10 heteroatoms. The predicted octanol–water partition coefficient (Wildman–Crippen LogP) is 2.38. The lowest BCUT2D eigenvalue weighted by atomic mass is 10.2. The van der Waals surface area contributed by atoms with Gasteiger partial charge in [0.25, 0.3) is 0 Å². The van der Waals surface area contributed by atoms with Crippen LogP contribution in [-0.4, -0.2) is 38.8 Å².